The highest BCUT2D eigenvalue weighted by Gasteiger charge is 2.28. The maximum atomic E-state index is 9.73. The maximum Gasteiger partial charge on any atom is 0.105 e. The largest absolute Gasteiger partial charge is 0.469 e. The first-order chi connectivity index (χ1) is 7.18. The zero-order chi connectivity index (χ0) is 10.8. The predicted molar refractivity (Wildman–Crippen MR) is 57.6 cm³/mol. The molecule has 0 spiro atoms. The minimum Gasteiger partial charge on any atom is -0.469 e. The molecule has 2 N–H and O–H groups in total. The van der Waals surface area contributed by atoms with Crippen molar-refractivity contribution >= 4 is 0 Å². The fourth-order valence-electron chi connectivity index (χ4n) is 2.06. The summed E-state index contributed by atoms with van der Waals surface area (Å²) in [7, 11) is 2.04. The molecule has 2 unspecified atom stereocenters. The summed E-state index contributed by atoms with van der Waals surface area (Å²) in [5, 5.41) is 12.9. The van der Waals surface area contributed by atoms with Crippen molar-refractivity contribution in [2.75, 3.05) is 20.1 Å². The van der Waals surface area contributed by atoms with E-state index in [4.69, 9.17) is 4.42 Å². The van der Waals surface area contributed by atoms with Gasteiger partial charge < -0.3 is 14.8 Å². The van der Waals surface area contributed by atoms with Gasteiger partial charge in [-0.3, -0.25) is 4.90 Å². The standard InChI is InChI=1S/C11H18N2O2/c1-8-9(3-4-15-8)7-13(2)10-5-12-6-11(10)14/h3-4,10-12,14H,5-7H2,1-2H3. The molecule has 2 atom stereocenters. The van der Waals surface area contributed by atoms with Gasteiger partial charge in [0.05, 0.1) is 12.4 Å². The minimum atomic E-state index is -0.262. The van der Waals surface area contributed by atoms with Crippen molar-refractivity contribution in [1.29, 1.82) is 0 Å². The van der Waals surface area contributed by atoms with Crippen LogP contribution >= 0.6 is 0 Å². The number of aryl methyl sites for hydroxylation is 1. The Balaban J connectivity index is 1.97. The molecule has 4 nitrogen and oxygen atoms in total. The van der Waals surface area contributed by atoms with Gasteiger partial charge in [0, 0.05) is 31.2 Å². The molecule has 1 fully saturated rings. The molecule has 1 aliphatic rings. The van der Waals surface area contributed by atoms with E-state index in [1.165, 1.54) is 5.56 Å². The number of nitrogens with one attached hydrogen (secondary N) is 1. The number of β-amino-alcohol motifs (C(OH)–C–C–N with tert-alkyl or cyclic N) is 1. The third-order valence-corrected chi connectivity index (χ3v) is 3.10. The highest BCUT2D eigenvalue weighted by molar-refractivity contribution is 5.15. The summed E-state index contributed by atoms with van der Waals surface area (Å²) < 4.78 is 5.25. The lowest BCUT2D eigenvalue weighted by Crippen LogP contribution is -2.40. The summed E-state index contributed by atoms with van der Waals surface area (Å²) in [6.45, 7) is 4.34. The Hall–Kier alpha value is -0.840. The lowest BCUT2D eigenvalue weighted by molar-refractivity contribution is 0.0953. The molecule has 4 heteroatoms. The van der Waals surface area contributed by atoms with E-state index < -0.39 is 0 Å². The molecule has 0 aromatic carbocycles. The number of aliphatic hydroxyl groups excluding tert-OH is 1. The first kappa shape index (κ1) is 10.7. The van der Waals surface area contributed by atoms with Crippen molar-refractivity contribution in [3.63, 3.8) is 0 Å². The second-order valence-corrected chi connectivity index (χ2v) is 4.21. The summed E-state index contributed by atoms with van der Waals surface area (Å²) in [5.74, 6) is 0.960. The van der Waals surface area contributed by atoms with Gasteiger partial charge in [0.1, 0.15) is 5.76 Å². The molecule has 0 bridgehead atoms. The smallest absolute Gasteiger partial charge is 0.105 e. The molecule has 2 rings (SSSR count). The number of hydrogen-bond acceptors (Lipinski definition) is 4. The van der Waals surface area contributed by atoms with Gasteiger partial charge in [-0.05, 0) is 20.0 Å². The van der Waals surface area contributed by atoms with Gasteiger partial charge in [0.2, 0.25) is 0 Å². The first-order valence-corrected chi connectivity index (χ1v) is 5.30. The molecule has 1 saturated heterocycles. The predicted octanol–water partition coefficient (Wildman–Crippen LogP) is 0.353. The fourth-order valence-corrected chi connectivity index (χ4v) is 2.06. The van der Waals surface area contributed by atoms with Crippen LogP contribution in [0.15, 0.2) is 16.7 Å². The van der Waals surface area contributed by atoms with Crippen LogP contribution in [0.3, 0.4) is 0 Å². The molecule has 1 aliphatic heterocycles. The quantitative estimate of drug-likeness (QED) is 0.756. The first-order valence-electron chi connectivity index (χ1n) is 5.30. The Morgan fingerprint density at radius 3 is 2.93 bits per heavy atom. The van der Waals surface area contributed by atoms with Crippen LogP contribution in [0.1, 0.15) is 11.3 Å². The highest BCUT2D eigenvalue weighted by atomic mass is 16.3. The van der Waals surface area contributed by atoms with E-state index in [1.807, 2.05) is 20.0 Å². The van der Waals surface area contributed by atoms with E-state index in [0.29, 0.717) is 6.54 Å². The zero-order valence-corrected chi connectivity index (χ0v) is 9.23. The fraction of sp³-hybridized carbons (Fsp3) is 0.636. The van der Waals surface area contributed by atoms with E-state index in [-0.39, 0.29) is 12.1 Å². The molecule has 15 heavy (non-hydrogen) atoms. The normalized spacial score (nSPS) is 26.4. The summed E-state index contributed by atoms with van der Waals surface area (Å²) in [6.07, 6.45) is 1.45. The molecule has 84 valence electrons. The number of aliphatic hydroxyl groups is 1. The topological polar surface area (TPSA) is 48.6 Å². The number of nitrogens with zero attached hydrogens (tertiary/aromatic N) is 1. The van der Waals surface area contributed by atoms with Gasteiger partial charge in [0.15, 0.2) is 0 Å². The van der Waals surface area contributed by atoms with Gasteiger partial charge in [0.25, 0.3) is 0 Å². The van der Waals surface area contributed by atoms with Crippen LogP contribution in [0.4, 0.5) is 0 Å². The van der Waals surface area contributed by atoms with Crippen LogP contribution in [0.2, 0.25) is 0 Å². The van der Waals surface area contributed by atoms with E-state index in [0.717, 1.165) is 18.8 Å². The van der Waals surface area contributed by atoms with Gasteiger partial charge in [-0.15, -0.1) is 0 Å². The van der Waals surface area contributed by atoms with Crippen LogP contribution in [-0.4, -0.2) is 42.3 Å². The Kier molecular flexibility index (Phi) is 3.09. The molecular weight excluding hydrogens is 192 g/mol. The molecule has 2 heterocycles. The van der Waals surface area contributed by atoms with Gasteiger partial charge in [-0.2, -0.15) is 0 Å². The molecule has 0 radical (unpaired) electrons. The van der Waals surface area contributed by atoms with Crippen molar-refractivity contribution in [3.8, 4) is 0 Å². The van der Waals surface area contributed by atoms with Crippen LogP contribution in [0.25, 0.3) is 0 Å². The Morgan fingerprint density at radius 1 is 1.60 bits per heavy atom. The summed E-state index contributed by atoms with van der Waals surface area (Å²) in [4.78, 5) is 2.17. The SMILES string of the molecule is Cc1occc1CN(C)C1CNCC1O. The maximum absolute atomic E-state index is 9.73. The molecule has 1 aromatic rings. The van der Waals surface area contributed by atoms with E-state index >= 15 is 0 Å². The number of furan rings is 1. The third kappa shape index (κ3) is 2.22. The summed E-state index contributed by atoms with van der Waals surface area (Å²) in [6, 6.07) is 2.19. The summed E-state index contributed by atoms with van der Waals surface area (Å²) >= 11 is 0. The molecule has 0 saturated carbocycles. The average Bonchev–Trinajstić information content (AvgIpc) is 2.76. The van der Waals surface area contributed by atoms with E-state index in [9.17, 15) is 5.11 Å². The van der Waals surface area contributed by atoms with Gasteiger partial charge in [-0.1, -0.05) is 0 Å². The molecular formula is C11H18N2O2. The van der Waals surface area contributed by atoms with Crippen LogP contribution in [0.5, 0.6) is 0 Å². The zero-order valence-electron chi connectivity index (χ0n) is 9.23. The second-order valence-electron chi connectivity index (χ2n) is 4.21. The van der Waals surface area contributed by atoms with Gasteiger partial charge in [-0.25, -0.2) is 0 Å². The van der Waals surface area contributed by atoms with Crippen LogP contribution in [-0.2, 0) is 6.54 Å². The minimum absolute atomic E-state index is 0.208. The van der Waals surface area contributed by atoms with Crippen LogP contribution in [0, 0.1) is 6.92 Å². The number of rotatable bonds is 3. The molecule has 0 aliphatic carbocycles. The van der Waals surface area contributed by atoms with Crippen molar-refractivity contribution < 1.29 is 9.52 Å². The molecule has 1 aromatic heterocycles. The van der Waals surface area contributed by atoms with Crippen molar-refractivity contribution in [2.24, 2.45) is 0 Å². The monoisotopic (exact) mass is 210 g/mol. The van der Waals surface area contributed by atoms with Crippen molar-refractivity contribution in [2.45, 2.75) is 25.6 Å². The van der Waals surface area contributed by atoms with E-state index in [1.54, 1.807) is 6.26 Å². The third-order valence-electron chi connectivity index (χ3n) is 3.10. The lowest BCUT2D eigenvalue weighted by atomic mass is 10.1. The summed E-state index contributed by atoms with van der Waals surface area (Å²) in [5.41, 5.74) is 1.19. The highest BCUT2D eigenvalue weighted by Crippen LogP contribution is 2.15. The Morgan fingerprint density at radius 2 is 2.40 bits per heavy atom. The molecule has 0 amide bonds. The number of likely N-dealkylation sites (N-methyl/N-ethyl adjacent to an activating group) is 1. The van der Waals surface area contributed by atoms with E-state index in [2.05, 4.69) is 10.2 Å². The second kappa shape index (κ2) is 4.35. The Labute approximate surface area is 89.9 Å². The van der Waals surface area contributed by atoms with Crippen molar-refractivity contribution in [1.82, 2.24) is 10.2 Å². The average molecular weight is 210 g/mol. The van der Waals surface area contributed by atoms with Gasteiger partial charge >= 0.3 is 0 Å². The lowest BCUT2D eigenvalue weighted by Gasteiger charge is -2.25. The van der Waals surface area contributed by atoms with Crippen LogP contribution < -0.4 is 5.32 Å². The van der Waals surface area contributed by atoms with Crippen molar-refractivity contribution in [3.05, 3.63) is 23.7 Å². The Bertz CT molecular complexity index is 324. The number of hydrogen-bond donors (Lipinski definition) is 2.